The fourth-order valence-corrected chi connectivity index (χ4v) is 2.84. The van der Waals surface area contributed by atoms with E-state index >= 15 is 0 Å². The van der Waals surface area contributed by atoms with Crippen LogP contribution in [0, 0.1) is 0 Å². The van der Waals surface area contributed by atoms with Gasteiger partial charge in [-0.3, -0.25) is 14.3 Å². The number of aliphatic hydroxyl groups is 3. The van der Waals surface area contributed by atoms with E-state index in [1.54, 1.807) is 0 Å². The second kappa shape index (κ2) is 5.03. The highest BCUT2D eigenvalue weighted by Gasteiger charge is 2.44. The van der Waals surface area contributed by atoms with Crippen molar-refractivity contribution in [3.05, 3.63) is 15.1 Å². The van der Waals surface area contributed by atoms with E-state index < -0.39 is 36.7 Å². The van der Waals surface area contributed by atoms with Crippen LogP contribution < -0.4 is 11.3 Å². The summed E-state index contributed by atoms with van der Waals surface area (Å²) < 4.78 is 6.87. The van der Waals surface area contributed by atoms with Crippen LogP contribution in [0.5, 0.6) is 0 Å². The van der Waals surface area contributed by atoms with Crippen LogP contribution >= 0.6 is 15.9 Å². The van der Waals surface area contributed by atoms with Gasteiger partial charge in [0.2, 0.25) is 5.95 Å². The highest BCUT2D eigenvalue weighted by atomic mass is 79.9. The fourth-order valence-electron chi connectivity index (χ4n) is 2.29. The lowest BCUT2D eigenvalue weighted by Gasteiger charge is -2.17. The van der Waals surface area contributed by atoms with Crippen LogP contribution in [-0.2, 0) is 4.74 Å². The summed E-state index contributed by atoms with van der Waals surface area (Å²) in [6.07, 6.45) is -4.61. The molecule has 1 aliphatic heterocycles. The topological polar surface area (TPSA) is 160 Å². The first kappa shape index (κ1) is 14.4. The lowest BCUT2D eigenvalue weighted by atomic mass is 10.1. The van der Waals surface area contributed by atoms with Crippen LogP contribution in [0.4, 0.5) is 5.95 Å². The fraction of sp³-hybridized carbons (Fsp3) is 0.500. The highest BCUT2D eigenvalue weighted by molar-refractivity contribution is 9.10. The minimum atomic E-state index is -1.32. The first-order valence-corrected chi connectivity index (χ1v) is 6.79. The molecule has 11 heteroatoms. The lowest BCUT2D eigenvalue weighted by Crippen LogP contribution is -2.33. The molecule has 0 saturated carbocycles. The predicted molar refractivity (Wildman–Crippen MR) is 73.3 cm³/mol. The zero-order valence-electron chi connectivity index (χ0n) is 10.5. The molecule has 3 heterocycles. The number of aromatic nitrogens is 4. The molecule has 1 fully saturated rings. The molecule has 21 heavy (non-hydrogen) atoms. The number of rotatable bonds is 2. The maximum atomic E-state index is 11.8. The Balaban J connectivity index is 2.17. The lowest BCUT2D eigenvalue weighted by molar-refractivity contribution is -0.0521. The van der Waals surface area contributed by atoms with E-state index in [1.165, 1.54) is 4.57 Å². The molecule has 1 aliphatic rings. The van der Waals surface area contributed by atoms with Gasteiger partial charge in [-0.1, -0.05) is 0 Å². The third-order valence-electron chi connectivity index (χ3n) is 3.30. The van der Waals surface area contributed by atoms with Gasteiger partial charge in [-0.25, -0.2) is 4.98 Å². The Morgan fingerprint density at radius 2 is 2.10 bits per heavy atom. The van der Waals surface area contributed by atoms with Gasteiger partial charge in [0.15, 0.2) is 22.1 Å². The van der Waals surface area contributed by atoms with Gasteiger partial charge in [-0.05, 0) is 15.9 Å². The van der Waals surface area contributed by atoms with Crippen molar-refractivity contribution in [3.8, 4) is 0 Å². The Kier molecular flexibility index (Phi) is 3.45. The summed E-state index contributed by atoms with van der Waals surface area (Å²) in [5.41, 5.74) is 5.07. The molecular formula is C10H12BrN5O5. The molecule has 0 unspecified atom stereocenters. The normalized spacial score (nSPS) is 29.3. The van der Waals surface area contributed by atoms with E-state index in [0.717, 1.165) is 0 Å². The van der Waals surface area contributed by atoms with E-state index in [9.17, 15) is 15.0 Å². The maximum absolute atomic E-state index is 11.8. The zero-order valence-corrected chi connectivity index (χ0v) is 12.1. The Morgan fingerprint density at radius 3 is 2.71 bits per heavy atom. The first-order valence-electron chi connectivity index (χ1n) is 5.99. The number of nitrogens with zero attached hydrogens (tertiary/aromatic N) is 3. The minimum absolute atomic E-state index is 0.00816. The summed E-state index contributed by atoms with van der Waals surface area (Å²) in [5.74, 6) is -0.118. The molecule has 0 bridgehead atoms. The minimum Gasteiger partial charge on any atom is -0.394 e. The number of hydrogen-bond acceptors (Lipinski definition) is 8. The molecule has 0 aliphatic carbocycles. The van der Waals surface area contributed by atoms with Crippen molar-refractivity contribution in [1.29, 1.82) is 0 Å². The number of nitrogens with two attached hydrogens (primary N) is 1. The molecule has 10 nitrogen and oxygen atoms in total. The summed E-state index contributed by atoms with van der Waals surface area (Å²) >= 11 is 3.15. The Labute approximate surface area is 125 Å². The van der Waals surface area contributed by atoms with E-state index in [1.807, 2.05) is 0 Å². The van der Waals surface area contributed by atoms with Crippen molar-refractivity contribution in [2.75, 3.05) is 12.3 Å². The summed E-state index contributed by atoms with van der Waals surface area (Å²) in [4.78, 5) is 22.0. The van der Waals surface area contributed by atoms with Crippen molar-refractivity contribution < 1.29 is 20.1 Å². The van der Waals surface area contributed by atoms with Gasteiger partial charge in [0, 0.05) is 0 Å². The molecule has 0 radical (unpaired) electrons. The van der Waals surface area contributed by atoms with Crippen LogP contribution in [0.3, 0.4) is 0 Å². The highest BCUT2D eigenvalue weighted by Crippen LogP contribution is 2.33. The average Bonchev–Trinajstić information content (AvgIpc) is 2.89. The Bertz CT molecular complexity index is 745. The number of aromatic amines is 1. The molecule has 0 aromatic carbocycles. The molecule has 6 N–H and O–H groups in total. The number of imidazole rings is 1. The van der Waals surface area contributed by atoms with Gasteiger partial charge in [0.1, 0.15) is 18.3 Å². The van der Waals surface area contributed by atoms with E-state index in [2.05, 4.69) is 30.9 Å². The van der Waals surface area contributed by atoms with Crippen molar-refractivity contribution in [1.82, 2.24) is 19.5 Å². The molecule has 0 spiro atoms. The maximum Gasteiger partial charge on any atom is 0.280 e. The Morgan fingerprint density at radius 1 is 1.38 bits per heavy atom. The van der Waals surface area contributed by atoms with Crippen molar-refractivity contribution in [2.45, 2.75) is 24.5 Å². The number of nitrogens with one attached hydrogen (secondary N) is 1. The van der Waals surface area contributed by atoms with Crippen molar-refractivity contribution >= 4 is 33.0 Å². The largest absolute Gasteiger partial charge is 0.394 e. The standard InChI is InChI=1S/C10H12BrN5O5/c11-9-13-3-6(14-10(12)15-7(3)20)16(9)8-5(19)4(18)2(1-17)21-8/h2,4-5,8,17-19H,1H2,(H3,12,14,15,20)/t2-,4+,5-,8+/m0/s1. The summed E-state index contributed by atoms with van der Waals surface area (Å²) in [6, 6.07) is 0. The number of hydrogen-bond donors (Lipinski definition) is 5. The summed E-state index contributed by atoms with van der Waals surface area (Å²) in [7, 11) is 0. The smallest absolute Gasteiger partial charge is 0.280 e. The van der Waals surface area contributed by atoms with Crippen LogP contribution in [0.2, 0.25) is 0 Å². The molecule has 2 aromatic rings. The SMILES string of the molecule is Nc1nc2c(nc(Br)n2[C@@H]2O[C@@H](CO)[C@@H](O)[C@@H]2O)c(=O)[nH]1. The number of fused-ring (bicyclic) bond motifs is 1. The molecular weight excluding hydrogens is 350 g/mol. The second-order valence-corrected chi connectivity index (χ2v) is 5.31. The third kappa shape index (κ3) is 2.13. The van der Waals surface area contributed by atoms with E-state index in [0.29, 0.717) is 0 Å². The second-order valence-electron chi connectivity index (χ2n) is 4.60. The van der Waals surface area contributed by atoms with E-state index in [4.69, 9.17) is 15.6 Å². The molecule has 1 saturated heterocycles. The summed E-state index contributed by atoms with van der Waals surface area (Å²) in [6.45, 7) is -0.463. The Hall–Kier alpha value is -1.53. The zero-order chi connectivity index (χ0) is 15.3. The van der Waals surface area contributed by atoms with Gasteiger partial charge < -0.3 is 25.8 Å². The van der Waals surface area contributed by atoms with Gasteiger partial charge in [0.25, 0.3) is 5.56 Å². The number of halogens is 1. The number of nitrogen functional groups attached to an aromatic ring is 1. The van der Waals surface area contributed by atoms with Crippen LogP contribution in [-0.4, -0.2) is 59.8 Å². The quantitative estimate of drug-likeness (QED) is 0.387. The number of H-pyrrole nitrogens is 1. The summed E-state index contributed by atoms with van der Waals surface area (Å²) in [5, 5.41) is 29.0. The third-order valence-corrected chi connectivity index (χ3v) is 3.86. The number of ether oxygens (including phenoxy) is 1. The number of aliphatic hydroxyl groups excluding tert-OH is 3. The van der Waals surface area contributed by atoms with Crippen LogP contribution in [0.15, 0.2) is 9.53 Å². The van der Waals surface area contributed by atoms with Crippen LogP contribution in [0.1, 0.15) is 6.23 Å². The monoisotopic (exact) mass is 361 g/mol. The average molecular weight is 362 g/mol. The molecule has 2 aromatic heterocycles. The predicted octanol–water partition coefficient (Wildman–Crippen LogP) is -1.92. The van der Waals surface area contributed by atoms with Crippen molar-refractivity contribution in [3.63, 3.8) is 0 Å². The number of anilines is 1. The van der Waals surface area contributed by atoms with E-state index in [-0.39, 0.29) is 21.8 Å². The van der Waals surface area contributed by atoms with Gasteiger partial charge in [0.05, 0.1) is 6.61 Å². The molecule has 4 atom stereocenters. The van der Waals surface area contributed by atoms with Gasteiger partial charge in [-0.15, -0.1) is 0 Å². The van der Waals surface area contributed by atoms with Gasteiger partial charge in [-0.2, -0.15) is 4.98 Å². The van der Waals surface area contributed by atoms with Crippen LogP contribution in [0.25, 0.3) is 11.2 Å². The van der Waals surface area contributed by atoms with Gasteiger partial charge >= 0.3 is 0 Å². The molecule has 3 rings (SSSR count). The first-order chi connectivity index (χ1) is 9.93. The van der Waals surface area contributed by atoms with Crippen molar-refractivity contribution in [2.24, 2.45) is 0 Å². The molecule has 114 valence electrons. The molecule has 0 amide bonds.